The Bertz CT molecular complexity index is 984. The molecule has 1 N–H and O–H groups in total. The third kappa shape index (κ3) is 5.21. The summed E-state index contributed by atoms with van der Waals surface area (Å²) >= 11 is 8.71. The number of aromatic nitrogens is 3. The summed E-state index contributed by atoms with van der Waals surface area (Å²) in [5.41, 5.74) is 0.740. The number of amides is 1. The zero-order chi connectivity index (χ0) is 20.1. The van der Waals surface area contributed by atoms with Gasteiger partial charge in [0.15, 0.2) is 5.16 Å². The standard InChI is InChI=1S/C19H18ClFN4OS2/c1-12(20)11-27-19-24-23-17(25(19)15-6-4-14(21)5-7-15)9-10-22-18(26)16-8-3-13(2)28-16/h3-8H,1,9-11H2,2H3,(H,22,26). The molecule has 0 saturated carbocycles. The number of carbonyl (C=O) groups is 1. The van der Waals surface area contributed by atoms with Gasteiger partial charge in [-0.1, -0.05) is 29.9 Å². The number of nitrogens with zero attached hydrogens (tertiary/aromatic N) is 3. The van der Waals surface area contributed by atoms with E-state index < -0.39 is 0 Å². The first-order valence-electron chi connectivity index (χ1n) is 8.45. The van der Waals surface area contributed by atoms with Gasteiger partial charge in [-0.2, -0.15) is 0 Å². The van der Waals surface area contributed by atoms with Crippen molar-refractivity contribution in [3.8, 4) is 5.69 Å². The van der Waals surface area contributed by atoms with Crippen LogP contribution >= 0.6 is 34.7 Å². The van der Waals surface area contributed by atoms with Crippen molar-refractivity contribution in [1.82, 2.24) is 20.1 Å². The van der Waals surface area contributed by atoms with Crippen LogP contribution in [0.15, 0.2) is 53.2 Å². The summed E-state index contributed by atoms with van der Waals surface area (Å²) in [6.07, 6.45) is 0.475. The third-order valence-electron chi connectivity index (χ3n) is 3.74. The van der Waals surface area contributed by atoms with Crippen LogP contribution in [0.5, 0.6) is 0 Å². The lowest BCUT2D eigenvalue weighted by molar-refractivity contribution is 0.0958. The predicted molar refractivity (Wildman–Crippen MR) is 112 cm³/mol. The molecule has 2 aromatic heterocycles. The molecule has 146 valence electrons. The molecule has 0 fully saturated rings. The molecular weight excluding hydrogens is 419 g/mol. The Labute approximate surface area is 175 Å². The van der Waals surface area contributed by atoms with Gasteiger partial charge in [0.2, 0.25) is 0 Å². The lowest BCUT2D eigenvalue weighted by atomic mass is 10.3. The van der Waals surface area contributed by atoms with Crippen molar-refractivity contribution in [2.75, 3.05) is 12.3 Å². The Morgan fingerprint density at radius 3 is 2.68 bits per heavy atom. The van der Waals surface area contributed by atoms with E-state index in [2.05, 4.69) is 22.1 Å². The molecule has 0 bridgehead atoms. The number of rotatable bonds is 8. The highest BCUT2D eigenvalue weighted by Crippen LogP contribution is 2.24. The molecule has 0 atom stereocenters. The van der Waals surface area contributed by atoms with Gasteiger partial charge in [0, 0.05) is 34.3 Å². The first-order valence-corrected chi connectivity index (χ1v) is 10.6. The van der Waals surface area contributed by atoms with Gasteiger partial charge in [0.05, 0.1) is 4.88 Å². The molecule has 0 saturated heterocycles. The van der Waals surface area contributed by atoms with Crippen molar-refractivity contribution in [2.24, 2.45) is 0 Å². The van der Waals surface area contributed by atoms with E-state index in [4.69, 9.17) is 11.6 Å². The van der Waals surface area contributed by atoms with Crippen LogP contribution in [0.25, 0.3) is 5.69 Å². The molecule has 28 heavy (non-hydrogen) atoms. The summed E-state index contributed by atoms with van der Waals surface area (Å²) < 4.78 is 15.2. The number of aryl methyl sites for hydroxylation is 1. The minimum atomic E-state index is -0.319. The van der Waals surface area contributed by atoms with Crippen LogP contribution in [-0.2, 0) is 6.42 Å². The van der Waals surface area contributed by atoms with Gasteiger partial charge in [0.25, 0.3) is 5.91 Å². The smallest absolute Gasteiger partial charge is 0.261 e. The second-order valence-corrected chi connectivity index (χ2v) is 8.70. The number of benzene rings is 1. The van der Waals surface area contributed by atoms with Crippen LogP contribution < -0.4 is 5.32 Å². The number of hydrogen-bond donors (Lipinski definition) is 1. The molecule has 9 heteroatoms. The topological polar surface area (TPSA) is 59.8 Å². The van der Waals surface area contributed by atoms with Gasteiger partial charge < -0.3 is 5.32 Å². The zero-order valence-electron chi connectivity index (χ0n) is 15.1. The molecule has 0 aliphatic carbocycles. The highest BCUT2D eigenvalue weighted by molar-refractivity contribution is 7.99. The third-order valence-corrected chi connectivity index (χ3v) is 6.05. The molecule has 0 aliphatic heterocycles. The highest BCUT2D eigenvalue weighted by atomic mass is 35.5. The molecule has 3 rings (SSSR count). The fourth-order valence-corrected chi connectivity index (χ4v) is 4.15. The normalized spacial score (nSPS) is 10.8. The molecule has 3 aromatic rings. The van der Waals surface area contributed by atoms with Gasteiger partial charge in [0.1, 0.15) is 11.6 Å². The summed E-state index contributed by atoms with van der Waals surface area (Å²) in [5.74, 6) is 0.714. The van der Waals surface area contributed by atoms with Gasteiger partial charge >= 0.3 is 0 Å². The largest absolute Gasteiger partial charge is 0.351 e. The molecule has 2 heterocycles. The van der Waals surface area contributed by atoms with E-state index in [1.54, 1.807) is 12.1 Å². The minimum Gasteiger partial charge on any atom is -0.351 e. The Balaban J connectivity index is 1.75. The van der Waals surface area contributed by atoms with Crippen LogP contribution in [0.2, 0.25) is 0 Å². The molecule has 0 aliphatic rings. The number of nitrogens with one attached hydrogen (secondary N) is 1. The average molecular weight is 437 g/mol. The quantitative estimate of drug-likeness (QED) is 0.524. The number of hydrogen-bond acceptors (Lipinski definition) is 5. The fourth-order valence-electron chi connectivity index (χ4n) is 2.48. The highest BCUT2D eigenvalue weighted by Gasteiger charge is 2.15. The van der Waals surface area contributed by atoms with Crippen molar-refractivity contribution in [2.45, 2.75) is 18.5 Å². The van der Waals surface area contributed by atoms with Crippen LogP contribution in [0.3, 0.4) is 0 Å². The van der Waals surface area contributed by atoms with Gasteiger partial charge in [-0.25, -0.2) is 4.39 Å². The minimum absolute atomic E-state index is 0.112. The summed E-state index contributed by atoms with van der Waals surface area (Å²) in [7, 11) is 0. The molecule has 0 radical (unpaired) electrons. The van der Waals surface area contributed by atoms with Gasteiger partial charge in [-0.05, 0) is 43.3 Å². The summed E-state index contributed by atoms with van der Waals surface area (Å²) in [6.45, 7) is 6.05. The molecule has 0 unspecified atom stereocenters. The summed E-state index contributed by atoms with van der Waals surface area (Å²) in [6, 6.07) is 9.82. The number of thiophene rings is 1. The SMILES string of the molecule is C=C(Cl)CSc1nnc(CCNC(=O)c2ccc(C)s2)n1-c1ccc(F)cc1. The predicted octanol–water partition coefficient (Wildman–Crippen LogP) is 4.59. The first kappa shape index (κ1) is 20.6. The average Bonchev–Trinajstić information content (AvgIpc) is 3.27. The van der Waals surface area contributed by atoms with Gasteiger partial charge in [-0.15, -0.1) is 21.5 Å². The van der Waals surface area contributed by atoms with E-state index in [1.165, 1.54) is 35.2 Å². The fraction of sp³-hybridized carbons (Fsp3) is 0.211. The van der Waals surface area contributed by atoms with E-state index in [9.17, 15) is 9.18 Å². The molecule has 0 spiro atoms. The molecule has 1 aromatic carbocycles. The van der Waals surface area contributed by atoms with Crippen molar-refractivity contribution < 1.29 is 9.18 Å². The molecule has 1 amide bonds. The zero-order valence-corrected chi connectivity index (χ0v) is 17.5. The van der Waals surface area contributed by atoms with Crippen molar-refractivity contribution in [1.29, 1.82) is 0 Å². The lowest BCUT2D eigenvalue weighted by Gasteiger charge is -2.10. The second-order valence-electron chi connectivity index (χ2n) is 5.93. The van der Waals surface area contributed by atoms with Crippen LogP contribution in [0, 0.1) is 12.7 Å². The maximum atomic E-state index is 13.3. The summed E-state index contributed by atoms with van der Waals surface area (Å²) in [5, 5.41) is 12.5. The van der Waals surface area contributed by atoms with Crippen LogP contribution in [0.1, 0.15) is 20.4 Å². The van der Waals surface area contributed by atoms with E-state index in [-0.39, 0.29) is 11.7 Å². The van der Waals surface area contributed by atoms with Crippen molar-refractivity contribution >= 4 is 40.6 Å². The van der Waals surface area contributed by atoms with Crippen LogP contribution in [0.4, 0.5) is 4.39 Å². The molecular formula is C19H18ClFN4OS2. The Morgan fingerprint density at radius 2 is 2.04 bits per heavy atom. The van der Waals surface area contributed by atoms with Crippen LogP contribution in [-0.4, -0.2) is 33.0 Å². The number of carbonyl (C=O) groups excluding carboxylic acids is 1. The lowest BCUT2D eigenvalue weighted by Crippen LogP contribution is -2.25. The number of thioether (sulfide) groups is 1. The molecule has 5 nitrogen and oxygen atoms in total. The maximum Gasteiger partial charge on any atom is 0.261 e. The van der Waals surface area contributed by atoms with E-state index in [0.717, 1.165) is 10.6 Å². The van der Waals surface area contributed by atoms with Crippen molar-refractivity contribution in [3.05, 3.63) is 69.4 Å². The number of halogens is 2. The first-order chi connectivity index (χ1) is 13.4. The van der Waals surface area contributed by atoms with E-state index >= 15 is 0 Å². The summed E-state index contributed by atoms with van der Waals surface area (Å²) in [4.78, 5) is 14.0. The Hall–Kier alpha value is -2.16. The Morgan fingerprint density at radius 1 is 1.29 bits per heavy atom. The maximum absolute atomic E-state index is 13.3. The van der Waals surface area contributed by atoms with E-state index in [1.807, 2.05) is 23.6 Å². The second kappa shape index (κ2) is 9.36. The monoisotopic (exact) mass is 436 g/mol. The Kier molecular flexibility index (Phi) is 6.88. The van der Waals surface area contributed by atoms with E-state index in [0.29, 0.717) is 39.6 Å². The van der Waals surface area contributed by atoms with Gasteiger partial charge in [-0.3, -0.25) is 9.36 Å². The van der Waals surface area contributed by atoms with Crippen molar-refractivity contribution in [3.63, 3.8) is 0 Å².